The predicted molar refractivity (Wildman–Crippen MR) is 124 cm³/mol. The van der Waals surface area contributed by atoms with E-state index in [0.29, 0.717) is 12.0 Å². The van der Waals surface area contributed by atoms with E-state index < -0.39 is 9.84 Å². The van der Waals surface area contributed by atoms with Crippen LogP contribution >= 0.6 is 0 Å². The molecule has 2 fully saturated rings. The van der Waals surface area contributed by atoms with Crippen molar-refractivity contribution in [3.8, 4) is 6.07 Å². The van der Waals surface area contributed by atoms with Gasteiger partial charge in [-0.15, -0.1) is 0 Å². The molecule has 2 heterocycles. The zero-order valence-electron chi connectivity index (χ0n) is 18.1. The molecule has 2 aliphatic rings. The van der Waals surface area contributed by atoms with Gasteiger partial charge in [-0.2, -0.15) is 5.26 Å². The van der Waals surface area contributed by atoms with Crippen LogP contribution in [0.4, 0.5) is 5.69 Å². The van der Waals surface area contributed by atoms with Crippen LogP contribution in [0.25, 0.3) is 0 Å². The molecule has 168 valence electrons. The number of carbonyl (C=O) groups excluding carboxylic acids is 1. The van der Waals surface area contributed by atoms with Gasteiger partial charge < -0.3 is 4.90 Å². The van der Waals surface area contributed by atoms with Crippen molar-refractivity contribution in [2.75, 3.05) is 49.1 Å². The van der Waals surface area contributed by atoms with Crippen LogP contribution in [-0.2, 0) is 21.2 Å². The van der Waals surface area contributed by atoms with Crippen molar-refractivity contribution in [3.63, 3.8) is 0 Å². The Labute approximate surface area is 189 Å². The number of piperazine rings is 1. The first-order valence-corrected chi connectivity index (χ1v) is 12.8. The molecule has 0 N–H and O–H groups in total. The molecule has 0 saturated carbocycles. The normalized spacial score (nSPS) is 21.2. The van der Waals surface area contributed by atoms with E-state index >= 15 is 0 Å². The van der Waals surface area contributed by atoms with E-state index in [2.05, 4.69) is 15.9 Å². The largest absolute Gasteiger partial charge is 0.307 e. The summed E-state index contributed by atoms with van der Waals surface area (Å²) in [5, 5.41) is 8.93. The Morgan fingerprint density at radius 3 is 2.25 bits per heavy atom. The number of nitrogens with zero attached hydrogens (tertiary/aromatic N) is 4. The molecule has 2 aromatic carbocycles. The second-order valence-electron chi connectivity index (χ2n) is 8.52. The fourth-order valence-electron chi connectivity index (χ4n) is 4.44. The third-order valence-electron chi connectivity index (χ3n) is 6.19. The number of hydrogen-bond acceptors (Lipinski definition) is 6. The molecule has 0 aromatic heterocycles. The van der Waals surface area contributed by atoms with Gasteiger partial charge in [0, 0.05) is 38.4 Å². The van der Waals surface area contributed by atoms with Gasteiger partial charge in [-0.25, -0.2) is 8.42 Å². The van der Waals surface area contributed by atoms with Crippen molar-refractivity contribution in [1.29, 1.82) is 5.26 Å². The van der Waals surface area contributed by atoms with Gasteiger partial charge in [0.2, 0.25) is 5.91 Å². The van der Waals surface area contributed by atoms with Gasteiger partial charge in [-0.1, -0.05) is 30.3 Å². The minimum Gasteiger partial charge on any atom is -0.307 e. The van der Waals surface area contributed by atoms with E-state index in [9.17, 15) is 13.2 Å². The summed E-state index contributed by atoms with van der Waals surface area (Å²) in [5.74, 6) is 0.132. The number of rotatable bonds is 6. The van der Waals surface area contributed by atoms with E-state index in [-0.39, 0.29) is 30.0 Å². The highest BCUT2D eigenvalue weighted by molar-refractivity contribution is 7.91. The van der Waals surface area contributed by atoms with Crippen molar-refractivity contribution < 1.29 is 13.2 Å². The molecule has 7 nitrogen and oxygen atoms in total. The summed E-state index contributed by atoms with van der Waals surface area (Å²) in [6, 6.07) is 18.9. The number of nitriles is 1. The fourth-order valence-corrected chi connectivity index (χ4v) is 6.14. The van der Waals surface area contributed by atoms with E-state index in [0.717, 1.165) is 38.4 Å². The summed E-state index contributed by atoms with van der Waals surface area (Å²) in [6.45, 7) is 4.40. The van der Waals surface area contributed by atoms with Crippen molar-refractivity contribution >= 4 is 21.4 Å². The Bertz CT molecular complexity index is 1070. The van der Waals surface area contributed by atoms with Crippen LogP contribution < -0.4 is 4.90 Å². The van der Waals surface area contributed by atoms with E-state index in [1.807, 2.05) is 54.6 Å². The van der Waals surface area contributed by atoms with Gasteiger partial charge in [0.15, 0.2) is 9.84 Å². The second kappa shape index (κ2) is 9.82. The summed E-state index contributed by atoms with van der Waals surface area (Å²) < 4.78 is 24.1. The van der Waals surface area contributed by atoms with Crippen LogP contribution in [-0.4, -0.2) is 74.4 Å². The molecular formula is C24H28N4O3S. The highest BCUT2D eigenvalue weighted by atomic mass is 32.2. The average molecular weight is 453 g/mol. The van der Waals surface area contributed by atoms with E-state index in [1.54, 1.807) is 4.90 Å². The van der Waals surface area contributed by atoms with E-state index in [1.165, 1.54) is 5.56 Å². The lowest BCUT2D eigenvalue weighted by molar-refractivity contribution is -0.120. The highest BCUT2D eigenvalue weighted by Crippen LogP contribution is 2.25. The standard InChI is InChI=1S/C24H28N4O3S/c25-16-20-6-8-21(9-7-20)17-26-11-13-27(14-12-26)18-24(29)28(22-4-2-1-3-5-22)23-10-15-32(30,31)19-23/h1-9,23H,10-15,17-19H2/t23-/m1/s1. The molecule has 0 unspecified atom stereocenters. The monoisotopic (exact) mass is 452 g/mol. The summed E-state index contributed by atoms with van der Waals surface area (Å²) in [5.41, 5.74) is 2.60. The molecular weight excluding hydrogens is 424 g/mol. The topological polar surface area (TPSA) is 84.7 Å². The number of carbonyl (C=O) groups is 1. The smallest absolute Gasteiger partial charge is 0.241 e. The summed E-state index contributed by atoms with van der Waals surface area (Å²) in [7, 11) is -3.09. The molecule has 0 aliphatic carbocycles. The molecule has 8 heteroatoms. The van der Waals surface area contributed by atoms with Crippen molar-refractivity contribution in [3.05, 3.63) is 65.7 Å². The maximum Gasteiger partial charge on any atom is 0.241 e. The maximum absolute atomic E-state index is 13.3. The van der Waals surface area contributed by atoms with Crippen LogP contribution in [0.2, 0.25) is 0 Å². The van der Waals surface area contributed by atoms with Gasteiger partial charge in [0.05, 0.1) is 35.7 Å². The Kier molecular flexibility index (Phi) is 6.89. The highest BCUT2D eigenvalue weighted by Gasteiger charge is 2.36. The summed E-state index contributed by atoms with van der Waals surface area (Å²) in [6.07, 6.45) is 0.487. The van der Waals surface area contributed by atoms with Gasteiger partial charge in [-0.3, -0.25) is 14.6 Å². The fraction of sp³-hybridized carbons (Fsp3) is 0.417. The zero-order valence-corrected chi connectivity index (χ0v) is 18.9. The first-order chi connectivity index (χ1) is 15.4. The minimum absolute atomic E-state index is 0.0337. The Morgan fingerprint density at radius 1 is 1.00 bits per heavy atom. The number of anilines is 1. The van der Waals surface area contributed by atoms with Gasteiger partial charge >= 0.3 is 0 Å². The molecule has 2 aromatic rings. The SMILES string of the molecule is N#Cc1ccc(CN2CCN(CC(=O)N(c3ccccc3)[C@@H]3CCS(=O)(=O)C3)CC2)cc1. The lowest BCUT2D eigenvalue weighted by Crippen LogP contribution is -2.51. The molecule has 4 rings (SSSR count). The number of hydrogen-bond donors (Lipinski definition) is 0. The lowest BCUT2D eigenvalue weighted by atomic mass is 10.1. The van der Waals surface area contributed by atoms with E-state index in [4.69, 9.17) is 5.26 Å². The number of sulfone groups is 1. The summed E-state index contributed by atoms with van der Waals surface area (Å²) >= 11 is 0. The molecule has 32 heavy (non-hydrogen) atoms. The van der Waals surface area contributed by atoms with Crippen LogP contribution in [0.5, 0.6) is 0 Å². The number of amides is 1. The average Bonchev–Trinajstić information content (AvgIpc) is 3.15. The van der Waals surface area contributed by atoms with Crippen LogP contribution in [0.1, 0.15) is 17.5 Å². The first-order valence-electron chi connectivity index (χ1n) is 10.9. The van der Waals surface area contributed by atoms with Crippen molar-refractivity contribution in [2.45, 2.75) is 19.0 Å². The maximum atomic E-state index is 13.3. The van der Waals surface area contributed by atoms with Gasteiger partial charge in [-0.05, 0) is 36.2 Å². The molecule has 1 atom stereocenters. The number of para-hydroxylation sites is 1. The molecule has 2 aliphatic heterocycles. The zero-order chi connectivity index (χ0) is 22.6. The van der Waals surface area contributed by atoms with Crippen LogP contribution in [0, 0.1) is 11.3 Å². The molecule has 0 radical (unpaired) electrons. The molecule has 1 amide bonds. The van der Waals surface area contributed by atoms with Gasteiger partial charge in [0.25, 0.3) is 0 Å². The van der Waals surface area contributed by atoms with Crippen molar-refractivity contribution in [2.24, 2.45) is 0 Å². The van der Waals surface area contributed by atoms with Gasteiger partial charge in [0.1, 0.15) is 0 Å². The minimum atomic E-state index is -3.09. The third kappa shape index (κ3) is 5.54. The quantitative estimate of drug-likeness (QED) is 0.666. The third-order valence-corrected chi connectivity index (χ3v) is 7.94. The summed E-state index contributed by atoms with van der Waals surface area (Å²) in [4.78, 5) is 19.5. The number of benzene rings is 2. The Balaban J connectivity index is 1.35. The Hall–Kier alpha value is -2.73. The second-order valence-corrected chi connectivity index (χ2v) is 10.7. The molecule has 0 spiro atoms. The molecule has 2 saturated heterocycles. The Morgan fingerprint density at radius 2 is 1.66 bits per heavy atom. The molecule has 0 bridgehead atoms. The predicted octanol–water partition coefficient (Wildman–Crippen LogP) is 1.90. The van der Waals surface area contributed by atoms with Crippen LogP contribution in [0.3, 0.4) is 0 Å². The first kappa shape index (κ1) is 22.5. The van der Waals surface area contributed by atoms with Crippen LogP contribution in [0.15, 0.2) is 54.6 Å². The van der Waals surface area contributed by atoms with Crippen molar-refractivity contribution in [1.82, 2.24) is 9.80 Å². The lowest BCUT2D eigenvalue weighted by Gasteiger charge is -2.36.